The second-order valence-electron chi connectivity index (χ2n) is 2.94. The van der Waals surface area contributed by atoms with Gasteiger partial charge in [-0.1, -0.05) is 6.92 Å². The average Bonchev–Trinajstić information content (AvgIpc) is 2.77. The van der Waals surface area contributed by atoms with Gasteiger partial charge in [-0.2, -0.15) is 0 Å². The zero-order chi connectivity index (χ0) is 9.36. The van der Waals surface area contributed by atoms with Crippen LogP contribution >= 0.6 is 0 Å². The summed E-state index contributed by atoms with van der Waals surface area (Å²) in [7, 11) is 0. The van der Waals surface area contributed by atoms with E-state index >= 15 is 0 Å². The van der Waals surface area contributed by atoms with Gasteiger partial charge in [-0.15, -0.1) is 0 Å². The van der Waals surface area contributed by atoms with E-state index in [0.717, 1.165) is 0 Å². The minimum absolute atomic E-state index is 1.17. The molecule has 0 amide bonds. The molecule has 1 aliphatic heterocycles. The monoisotopic (exact) mass is 182 g/mol. The average molecular weight is 182 g/mol. The number of aromatic amines is 1. The summed E-state index contributed by atoms with van der Waals surface area (Å²) in [5.41, 5.74) is 0. The highest BCUT2D eigenvalue weighted by Gasteiger charge is 2.04. The number of aromatic nitrogens is 2. The van der Waals surface area contributed by atoms with Crippen LogP contribution in [0, 0.1) is 0 Å². The minimum atomic E-state index is 1.17. The van der Waals surface area contributed by atoms with Crippen LogP contribution in [0.25, 0.3) is 0 Å². The van der Waals surface area contributed by atoms with E-state index in [2.05, 4.69) is 27.1 Å². The molecule has 74 valence electrons. The first-order valence-corrected chi connectivity index (χ1v) is 4.79. The van der Waals surface area contributed by atoms with Gasteiger partial charge in [0.2, 0.25) is 0 Å². The molecule has 2 N–H and O–H groups in total. The number of nitrogens with one attached hydrogen (secondary N) is 2. The number of likely N-dealkylation sites (N-methyl/N-ethyl adjacent to an activating group) is 1. The van der Waals surface area contributed by atoms with Gasteiger partial charge in [0.15, 0.2) is 0 Å². The van der Waals surface area contributed by atoms with Crippen molar-refractivity contribution in [2.45, 2.75) is 6.92 Å². The van der Waals surface area contributed by atoms with Gasteiger partial charge in [-0.05, 0) is 6.54 Å². The molecule has 1 fully saturated rings. The molecule has 0 radical (unpaired) electrons. The molecule has 2 rings (SSSR count). The normalized spacial score (nSPS) is 17.6. The Morgan fingerprint density at radius 2 is 2.15 bits per heavy atom. The van der Waals surface area contributed by atoms with Crippen LogP contribution in [-0.2, 0) is 0 Å². The van der Waals surface area contributed by atoms with Crippen molar-refractivity contribution >= 4 is 0 Å². The number of hydrogen-bond donors (Lipinski definition) is 2. The zero-order valence-electron chi connectivity index (χ0n) is 8.16. The third kappa shape index (κ3) is 4.65. The topological polar surface area (TPSA) is 44.0 Å². The van der Waals surface area contributed by atoms with E-state index in [1.54, 1.807) is 18.7 Å². The molecule has 1 aromatic heterocycles. The third-order valence-electron chi connectivity index (χ3n) is 2.06. The number of piperazine rings is 1. The number of rotatable bonds is 1. The molecule has 0 spiro atoms. The fourth-order valence-electron chi connectivity index (χ4n) is 1.24. The van der Waals surface area contributed by atoms with Crippen molar-refractivity contribution in [2.75, 3.05) is 32.7 Å². The van der Waals surface area contributed by atoms with Crippen LogP contribution in [0.15, 0.2) is 18.7 Å². The Kier molecular flexibility index (Phi) is 5.20. The Balaban J connectivity index is 0.000000145. The molecule has 0 unspecified atom stereocenters. The van der Waals surface area contributed by atoms with Crippen molar-refractivity contribution < 1.29 is 0 Å². The molecule has 1 saturated heterocycles. The number of hydrogen-bond acceptors (Lipinski definition) is 3. The van der Waals surface area contributed by atoms with E-state index in [1.165, 1.54) is 32.7 Å². The summed E-state index contributed by atoms with van der Waals surface area (Å²) in [6.07, 6.45) is 5.08. The molecule has 2 heterocycles. The SMILES string of the molecule is CCN1CCNCC1.c1c[nH]cn1. The molecule has 1 aromatic rings. The second kappa shape index (κ2) is 6.62. The highest BCUT2D eigenvalue weighted by atomic mass is 15.2. The lowest BCUT2D eigenvalue weighted by Gasteiger charge is -2.25. The van der Waals surface area contributed by atoms with Crippen LogP contribution in [0.4, 0.5) is 0 Å². The van der Waals surface area contributed by atoms with E-state index in [9.17, 15) is 0 Å². The summed E-state index contributed by atoms with van der Waals surface area (Å²) in [5.74, 6) is 0. The second-order valence-corrected chi connectivity index (χ2v) is 2.94. The van der Waals surface area contributed by atoms with Gasteiger partial charge in [0.1, 0.15) is 0 Å². The van der Waals surface area contributed by atoms with Crippen molar-refractivity contribution in [1.82, 2.24) is 20.2 Å². The van der Waals surface area contributed by atoms with Gasteiger partial charge in [-0.25, -0.2) is 4.98 Å². The van der Waals surface area contributed by atoms with Crippen molar-refractivity contribution in [3.05, 3.63) is 18.7 Å². The highest BCUT2D eigenvalue weighted by molar-refractivity contribution is 4.65. The molecule has 0 atom stereocenters. The fourth-order valence-corrected chi connectivity index (χ4v) is 1.24. The first-order chi connectivity index (χ1) is 6.43. The third-order valence-corrected chi connectivity index (χ3v) is 2.06. The van der Waals surface area contributed by atoms with Crippen molar-refractivity contribution in [2.24, 2.45) is 0 Å². The van der Waals surface area contributed by atoms with Crippen molar-refractivity contribution in [3.63, 3.8) is 0 Å². The Bertz CT molecular complexity index is 162. The molecule has 0 aromatic carbocycles. The summed E-state index contributed by atoms with van der Waals surface area (Å²) in [4.78, 5) is 8.87. The number of H-pyrrole nitrogens is 1. The quantitative estimate of drug-likeness (QED) is 0.657. The molecule has 4 heteroatoms. The Hall–Kier alpha value is -0.870. The fraction of sp³-hybridized carbons (Fsp3) is 0.667. The molecule has 13 heavy (non-hydrogen) atoms. The molecule has 0 aliphatic carbocycles. The summed E-state index contributed by atoms with van der Waals surface area (Å²) in [6.45, 7) is 8.24. The predicted molar refractivity (Wildman–Crippen MR) is 53.6 cm³/mol. The van der Waals surface area contributed by atoms with Gasteiger partial charge in [0.25, 0.3) is 0 Å². The largest absolute Gasteiger partial charge is 0.351 e. The Morgan fingerprint density at radius 1 is 1.38 bits per heavy atom. The lowest BCUT2D eigenvalue weighted by Crippen LogP contribution is -2.43. The molecule has 1 aliphatic rings. The highest BCUT2D eigenvalue weighted by Crippen LogP contribution is 1.88. The van der Waals surface area contributed by atoms with Crippen LogP contribution in [0.1, 0.15) is 6.92 Å². The summed E-state index contributed by atoms with van der Waals surface area (Å²) >= 11 is 0. The standard InChI is InChI=1S/C6H14N2.C3H4N2/c1-2-8-5-3-7-4-6-8;1-2-5-3-4-1/h7H,2-6H2,1H3;1-3H,(H,4,5). The summed E-state index contributed by atoms with van der Waals surface area (Å²) in [6, 6.07) is 0. The van der Waals surface area contributed by atoms with Crippen LogP contribution < -0.4 is 5.32 Å². The molecule has 0 saturated carbocycles. The van der Waals surface area contributed by atoms with Gasteiger partial charge in [0, 0.05) is 38.6 Å². The zero-order valence-corrected chi connectivity index (χ0v) is 8.16. The van der Waals surface area contributed by atoms with Crippen molar-refractivity contribution in [3.8, 4) is 0 Å². The van der Waals surface area contributed by atoms with E-state index in [4.69, 9.17) is 0 Å². The predicted octanol–water partition coefficient (Wildman–Crippen LogP) is 0.321. The minimum Gasteiger partial charge on any atom is -0.351 e. The maximum Gasteiger partial charge on any atom is 0.0919 e. The number of imidazole rings is 1. The summed E-state index contributed by atoms with van der Waals surface area (Å²) < 4.78 is 0. The molecular weight excluding hydrogens is 164 g/mol. The smallest absolute Gasteiger partial charge is 0.0919 e. The number of nitrogens with zero attached hydrogens (tertiary/aromatic N) is 2. The maximum absolute atomic E-state index is 3.67. The van der Waals surface area contributed by atoms with Gasteiger partial charge < -0.3 is 15.2 Å². The Labute approximate surface area is 79.4 Å². The van der Waals surface area contributed by atoms with Crippen LogP contribution in [0.5, 0.6) is 0 Å². The lowest BCUT2D eigenvalue weighted by atomic mass is 10.4. The van der Waals surface area contributed by atoms with E-state index in [1.807, 2.05) is 0 Å². The first-order valence-electron chi connectivity index (χ1n) is 4.79. The Morgan fingerprint density at radius 3 is 2.46 bits per heavy atom. The molecule has 0 bridgehead atoms. The van der Waals surface area contributed by atoms with Crippen LogP contribution in [0.2, 0.25) is 0 Å². The van der Waals surface area contributed by atoms with Crippen molar-refractivity contribution in [1.29, 1.82) is 0 Å². The summed E-state index contributed by atoms with van der Waals surface area (Å²) in [5, 5.41) is 3.31. The van der Waals surface area contributed by atoms with Gasteiger partial charge in [-0.3, -0.25) is 0 Å². The maximum atomic E-state index is 3.67. The van der Waals surface area contributed by atoms with E-state index in [0.29, 0.717) is 0 Å². The van der Waals surface area contributed by atoms with Gasteiger partial charge >= 0.3 is 0 Å². The first kappa shape index (κ1) is 10.2. The lowest BCUT2D eigenvalue weighted by molar-refractivity contribution is 0.253. The molecular formula is C9H18N4. The van der Waals surface area contributed by atoms with E-state index < -0.39 is 0 Å². The van der Waals surface area contributed by atoms with Gasteiger partial charge in [0.05, 0.1) is 6.33 Å². The van der Waals surface area contributed by atoms with Crippen LogP contribution in [0.3, 0.4) is 0 Å². The van der Waals surface area contributed by atoms with E-state index in [-0.39, 0.29) is 0 Å². The van der Waals surface area contributed by atoms with Crippen LogP contribution in [-0.4, -0.2) is 47.6 Å². The molecule has 4 nitrogen and oxygen atoms in total.